The van der Waals surface area contributed by atoms with Crippen LogP contribution in [-0.2, 0) is 9.59 Å². The summed E-state index contributed by atoms with van der Waals surface area (Å²) < 4.78 is 5.65. The van der Waals surface area contributed by atoms with Crippen LogP contribution in [0.5, 0.6) is 5.75 Å². The van der Waals surface area contributed by atoms with E-state index in [0.717, 1.165) is 54.1 Å². The van der Waals surface area contributed by atoms with E-state index in [1.165, 1.54) is 0 Å². The summed E-state index contributed by atoms with van der Waals surface area (Å²) in [6.45, 7) is 5.00. The van der Waals surface area contributed by atoms with Crippen LogP contribution < -0.4 is 20.7 Å². The smallest absolute Gasteiger partial charge is 0.349 e. The van der Waals surface area contributed by atoms with Crippen LogP contribution in [-0.4, -0.2) is 53.8 Å². The number of aromatic carboxylic acids is 1. The molecule has 0 bridgehead atoms. The molecule has 2 aromatic carbocycles. The fourth-order valence-electron chi connectivity index (χ4n) is 4.59. The van der Waals surface area contributed by atoms with Gasteiger partial charge in [-0.1, -0.05) is 24.3 Å². The predicted molar refractivity (Wildman–Crippen MR) is 155 cm³/mol. The second-order valence-corrected chi connectivity index (χ2v) is 11.2. The number of benzene rings is 2. The molecule has 39 heavy (non-hydrogen) atoms. The first-order valence-corrected chi connectivity index (χ1v) is 14.1. The number of halogens is 1. The van der Waals surface area contributed by atoms with Crippen LogP contribution in [0.15, 0.2) is 46.9 Å². The van der Waals surface area contributed by atoms with Crippen LogP contribution >= 0.6 is 27.3 Å². The molecule has 1 fully saturated rings. The Hall–Kier alpha value is -3.41. The molecule has 0 saturated carbocycles. The molecule has 9 nitrogen and oxygen atoms in total. The molecule has 4 rings (SSSR count). The minimum Gasteiger partial charge on any atom is -0.479 e. The first kappa shape index (κ1) is 28.6. The number of carbonyl (C=O) groups excluding carboxylic acids is 1. The van der Waals surface area contributed by atoms with E-state index in [1.807, 2.05) is 56.3 Å². The van der Waals surface area contributed by atoms with Crippen molar-refractivity contribution in [3.63, 3.8) is 0 Å². The summed E-state index contributed by atoms with van der Waals surface area (Å²) in [6, 6.07) is 12.7. The van der Waals surface area contributed by atoms with Gasteiger partial charge in [-0.3, -0.25) is 4.79 Å². The lowest BCUT2D eigenvalue weighted by Gasteiger charge is -2.31. The fourth-order valence-corrected chi connectivity index (χ4v) is 6.47. The van der Waals surface area contributed by atoms with Gasteiger partial charge in [0.2, 0.25) is 5.91 Å². The number of carbonyl (C=O) groups is 3. The van der Waals surface area contributed by atoms with Crippen molar-refractivity contribution in [2.24, 2.45) is 5.92 Å². The number of aliphatic carboxylic acids is 1. The Morgan fingerprint density at radius 1 is 1.13 bits per heavy atom. The van der Waals surface area contributed by atoms with Gasteiger partial charge in [-0.15, -0.1) is 11.3 Å². The number of aryl methyl sites for hydroxylation is 1. The monoisotopic (exact) mass is 615 g/mol. The van der Waals surface area contributed by atoms with Crippen LogP contribution in [0, 0.1) is 19.8 Å². The van der Waals surface area contributed by atoms with Crippen LogP contribution in [0.3, 0.4) is 0 Å². The first-order valence-electron chi connectivity index (χ1n) is 12.5. The highest BCUT2D eigenvalue weighted by molar-refractivity contribution is 9.10. The third-order valence-electron chi connectivity index (χ3n) is 6.79. The highest BCUT2D eigenvalue weighted by Gasteiger charge is 2.30. The second-order valence-electron chi connectivity index (χ2n) is 9.42. The van der Waals surface area contributed by atoms with Crippen molar-refractivity contribution in [1.82, 2.24) is 5.32 Å². The van der Waals surface area contributed by atoms with E-state index >= 15 is 0 Å². The van der Waals surface area contributed by atoms with Gasteiger partial charge in [-0.2, -0.15) is 0 Å². The Balaban J connectivity index is 1.63. The third-order valence-corrected chi connectivity index (χ3v) is 9.02. The van der Waals surface area contributed by atoms with Crippen LogP contribution in [0.1, 0.15) is 33.6 Å². The van der Waals surface area contributed by atoms with E-state index in [0.29, 0.717) is 20.6 Å². The molecule has 0 spiro atoms. The third kappa shape index (κ3) is 6.78. The molecule has 1 aliphatic rings. The molecule has 1 saturated heterocycles. The molecule has 11 heteroatoms. The molecular formula is C28H30BrN3O6S. The van der Waals surface area contributed by atoms with E-state index in [1.54, 1.807) is 0 Å². The average Bonchev–Trinajstić information content (AvgIpc) is 3.25. The maximum absolute atomic E-state index is 13.6. The topological polar surface area (TPSA) is 137 Å². The van der Waals surface area contributed by atoms with Crippen LogP contribution in [0.4, 0.5) is 11.4 Å². The fraction of sp³-hybridized carbons (Fsp3) is 0.321. The average molecular weight is 617 g/mol. The summed E-state index contributed by atoms with van der Waals surface area (Å²) >= 11 is 4.39. The number of hydrogen-bond acceptors (Lipinski definition) is 7. The Morgan fingerprint density at radius 3 is 2.54 bits per heavy atom. The number of carboxylic acid groups (broad SMARTS) is 2. The Bertz CT molecular complexity index is 1390. The number of thiophene rings is 1. The van der Waals surface area contributed by atoms with Gasteiger partial charge in [-0.05, 0) is 96.5 Å². The van der Waals surface area contributed by atoms with Crippen molar-refractivity contribution in [3.8, 4) is 16.2 Å². The van der Waals surface area contributed by atoms with Gasteiger partial charge in [0.15, 0.2) is 17.2 Å². The van der Waals surface area contributed by atoms with Crippen molar-refractivity contribution in [2.75, 3.05) is 30.3 Å². The number of ether oxygens (including phenoxy) is 1. The zero-order valence-electron chi connectivity index (χ0n) is 21.5. The molecule has 5 N–H and O–H groups in total. The molecule has 0 aliphatic carbocycles. The van der Waals surface area contributed by atoms with Gasteiger partial charge in [0.25, 0.3) is 0 Å². The molecule has 1 amide bonds. The number of carboxylic acids is 2. The highest BCUT2D eigenvalue weighted by Crippen LogP contribution is 2.46. The van der Waals surface area contributed by atoms with Crippen molar-refractivity contribution >= 4 is 56.5 Å². The summed E-state index contributed by atoms with van der Waals surface area (Å²) in [4.78, 5) is 36.9. The summed E-state index contributed by atoms with van der Waals surface area (Å²) in [5.74, 6) is -2.45. The molecular weight excluding hydrogens is 586 g/mol. The number of nitrogens with one attached hydrogen (secondary N) is 3. The second kappa shape index (κ2) is 12.6. The zero-order chi connectivity index (χ0) is 28.1. The SMILES string of the molecule is Cc1cccc(NC(=O)C(Nc2cccc(-c3sc(C(=O)O)c(OCC(=O)O)c3Br)c2)C2CCNCC2)c1C. The minimum absolute atomic E-state index is 0.0243. The van der Waals surface area contributed by atoms with E-state index in [2.05, 4.69) is 31.9 Å². The molecule has 0 radical (unpaired) electrons. The lowest BCUT2D eigenvalue weighted by molar-refractivity contribution is -0.139. The number of piperidine rings is 1. The molecule has 1 unspecified atom stereocenters. The lowest BCUT2D eigenvalue weighted by Crippen LogP contribution is -2.45. The van der Waals surface area contributed by atoms with Gasteiger partial charge in [-0.25, -0.2) is 9.59 Å². The van der Waals surface area contributed by atoms with Gasteiger partial charge in [0.05, 0.1) is 9.35 Å². The van der Waals surface area contributed by atoms with Crippen LogP contribution in [0.25, 0.3) is 10.4 Å². The number of hydrogen-bond donors (Lipinski definition) is 5. The maximum Gasteiger partial charge on any atom is 0.349 e. The van der Waals surface area contributed by atoms with Gasteiger partial charge in [0.1, 0.15) is 6.04 Å². The normalized spacial score (nSPS) is 14.4. The highest BCUT2D eigenvalue weighted by atomic mass is 79.9. The molecule has 1 atom stereocenters. The Labute approximate surface area is 238 Å². The van der Waals surface area contributed by atoms with Crippen LogP contribution in [0.2, 0.25) is 0 Å². The zero-order valence-corrected chi connectivity index (χ0v) is 23.9. The number of rotatable bonds is 10. The summed E-state index contributed by atoms with van der Waals surface area (Å²) in [7, 11) is 0. The van der Waals surface area contributed by atoms with E-state index in [-0.39, 0.29) is 22.5 Å². The van der Waals surface area contributed by atoms with Gasteiger partial charge in [0, 0.05) is 11.4 Å². The number of anilines is 2. The largest absolute Gasteiger partial charge is 0.479 e. The minimum atomic E-state index is -1.21. The summed E-state index contributed by atoms with van der Waals surface area (Å²) in [6.07, 6.45) is 1.70. The van der Waals surface area contributed by atoms with Crippen molar-refractivity contribution in [2.45, 2.75) is 32.7 Å². The van der Waals surface area contributed by atoms with E-state index in [4.69, 9.17) is 9.84 Å². The van der Waals surface area contributed by atoms with Gasteiger partial charge >= 0.3 is 11.9 Å². The number of amides is 1. The molecule has 2 heterocycles. The van der Waals surface area contributed by atoms with Crippen molar-refractivity contribution in [1.29, 1.82) is 0 Å². The predicted octanol–water partition coefficient (Wildman–Crippen LogP) is 5.37. The maximum atomic E-state index is 13.6. The molecule has 206 valence electrons. The Morgan fingerprint density at radius 2 is 1.85 bits per heavy atom. The lowest BCUT2D eigenvalue weighted by atomic mass is 9.89. The standard InChI is InChI=1S/C28H30BrN3O6S/c1-15-5-3-8-20(16(15)2)32-27(35)23(17-9-11-30-12-10-17)31-19-7-4-6-18(13-19)25-22(29)24(38-14-21(33)34)26(39-25)28(36)37/h3-8,13,17,23,30-31H,9-12,14H2,1-2H3,(H,32,35)(H,33,34)(H,36,37). The Kier molecular flexibility index (Phi) is 9.26. The summed E-state index contributed by atoms with van der Waals surface area (Å²) in [5, 5.41) is 28.5. The quantitative estimate of drug-likeness (QED) is 0.205. The van der Waals surface area contributed by atoms with E-state index < -0.39 is 24.6 Å². The molecule has 3 aromatic rings. The van der Waals surface area contributed by atoms with Crippen molar-refractivity contribution in [3.05, 3.63) is 62.9 Å². The van der Waals surface area contributed by atoms with E-state index in [9.17, 15) is 19.5 Å². The molecule has 1 aliphatic heterocycles. The van der Waals surface area contributed by atoms with Gasteiger partial charge < -0.3 is 30.9 Å². The summed E-state index contributed by atoms with van der Waals surface area (Å²) in [5.41, 5.74) is 4.31. The molecule has 1 aromatic heterocycles. The van der Waals surface area contributed by atoms with Crippen molar-refractivity contribution < 1.29 is 29.3 Å². The first-order chi connectivity index (χ1) is 18.7.